The van der Waals surface area contributed by atoms with Gasteiger partial charge in [-0.15, -0.1) is 0 Å². The fourth-order valence-corrected chi connectivity index (χ4v) is 3.38. The number of rotatable bonds is 3. The Bertz CT molecular complexity index is 1340. The molecule has 0 bridgehead atoms. The van der Waals surface area contributed by atoms with Crippen LogP contribution in [0.3, 0.4) is 0 Å². The van der Waals surface area contributed by atoms with Crippen molar-refractivity contribution in [2.24, 2.45) is 0 Å². The molecule has 5 nitrogen and oxygen atoms in total. The Labute approximate surface area is 167 Å². The van der Waals surface area contributed by atoms with Crippen molar-refractivity contribution < 1.29 is 13.6 Å². The van der Waals surface area contributed by atoms with Crippen LogP contribution in [0.2, 0.25) is 0 Å². The first-order chi connectivity index (χ1) is 14.1. The molecule has 0 atom stereocenters. The van der Waals surface area contributed by atoms with E-state index in [0.29, 0.717) is 17.2 Å². The molecule has 0 fully saturated rings. The summed E-state index contributed by atoms with van der Waals surface area (Å²) < 4.78 is 11.5. The maximum absolute atomic E-state index is 12.6. The minimum absolute atomic E-state index is 0.281. The summed E-state index contributed by atoms with van der Waals surface area (Å²) in [5.41, 5.74) is 5.90. The average molecular weight is 382 g/mol. The van der Waals surface area contributed by atoms with Gasteiger partial charge in [0.1, 0.15) is 11.1 Å². The zero-order chi connectivity index (χ0) is 20.0. The summed E-state index contributed by atoms with van der Waals surface area (Å²) in [5.74, 6) is 0.558. The Balaban J connectivity index is 1.42. The molecule has 3 aromatic carbocycles. The van der Waals surface area contributed by atoms with Crippen LogP contribution in [0.15, 0.2) is 75.6 Å². The molecule has 1 N–H and O–H groups in total. The standard InChI is InChI=1S/C24H18N2O3/c1-14-7-10-21-19(11-14)26-24(29-21)17-8-9-18(15(2)12-17)25-23(27)22-13-16-5-3-4-6-20(16)28-22/h3-13H,1-2H3,(H,25,27). The third-order valence-corrected chi connectivity index (χ3v) is 4.91. The van der Waals surface area contributed by atoms with Gasteiger partial charge >= 0.3 is 0 Å². The number of para-hydroxylation sites is 1. The van der Waals surface area contributed by atoms with Gasteiger partial charge in [-0.2, -0.15) is 0 Å². The van der Waals surface area contributed by atoms with E-state index in [0.717, 1.165) is 33.2 Å². The second kappa shape index (κ2) is 6.63. The number of aromatic nitrogens is 1. The molecule has 0 saturated heterocycles. The molecule has 0 radical (unpaired) electrons. The third-order valence-electron chi connectivity index (χ3n) is 4.91. The second-order valence-electron chi connectivity index (χ2n) is 7.12. The fourth-order valence-electron chi connectivity index (χ4n) is 3.38. The highest BCUT2D eigenvalue weighted by Crippen LogP contribution is 2.28. The van der Waals surface area contributed by atoms with Gasteiger partial charge in [0.15, 0.2) is 11.3 Å². The lowest BCUT2D eigenvalue weighted by atomic mass is 10.1. The first-order valence-corrected chi connectivity index (χ1v) is 9.35. The molecule has 2 aromatic heterocycles. The molecular weight excluding hydrogens is 364 g/mol. The van der Waals surface area contributed by atoms with Gasteiger partial charge in [0.2, 0.25) is 5.89 Å². The van der Waals surface area contributed by atoms with Gasteiger partial charge in [0.25, 0.3) is 5.91 Å². The van der Waals surface area contributed by atoms with Gasteiger partial charge in [-0.25, -0.2) is 4.98 Å². The van der Waals surface area contributed by atoms with Crippen LogP contribution in [-0.4, -0.2) is 10.9 Å². The molecule has 142 valence electrons. The molecule has 1 amide bonds. The van der Waals surface area contributed by atoms with E-state index in [2.05, 4.69) is 10.3 Å². The van der Waals surface area contributed by atoms with E-state index in [4.69, 9.17) is 8.83 Å². The third kappa shape index (κ3) is 3.17. The summed E-state index contributed by atoms with van der Waals surface area (Å²) in [4.78, 5) is 17.2. The number of nitrogens with zero attached hydrogens (tertiary/aromatic N) is 1. The van der Waals surface area contributed by atoms with Gasteiger partial charge in [0.05, 0.1) is 0 Å². The second-order valence-corrected chi connectivity index (χ2v) is 7.12. The summed E-state index contributed by atoms with van der Waals surface area (Å²) in [6.45, 7) is 3.96. The highest BCUT2D eigenvalue weighted by atomic mass is 16.4. The number of carbonyl (C=O) groups excluding carboxylic acids is 1. The Morgan fingerprint density at radius 2 is 1.76 bits per heavy atom. The van der Waals surface area contributed by atoms with Crippen LogP contribution in [0.25, 0.3) is 33.5 Å². The Kier molecular flexibility index (Phi) is 3.95. The van der Waals surface area contributed by atoms with Crippen molar-refractivity contribution in [2.75, 3.05) is 5.32 Å². The topological polar surface area (TPSA) is 68.3 Å². The molecule has 5 heteroatoms. The molecule has 5 rings (SSSR count). The van der Waals surface area contributed by atoms with E-state index in [1.54, 1.807) is 6.07 Å². The van der Waals surface area contributed by atoms with E-state index >= 15 is 0 Å². The largest absolute Gasteiger partial charge is 0.451 e. The summed E-state index contributed by atoms with van der Waals surface area (Å²) in [6.07, 6.45) is 0. The number of fused-ring (bicyclic) bond motifs is 2. The highest BCUT2D eigenvalue weighted by molar-refractivity contribution is 6.05. The zero-order valence-electron chi connectivity index (χ0n) is 16.0. The van der Waals surface area contributed by atoms with Crippen LogP contribution in [0, 0.1) is 13.8 Å². The van der Waals surface area contributed by atoms with Crippen molar-refractivity contribution in [2.45, 2.75) is 13.8 Å². The number of nitrogens with one attached hydrogen (secondary N) is 1. The number of carbonyl (C=O) groups is 1. The maximum atomic E-state index is 12.6. The van der Waals surface area contributed by atoms with Crippen LogP contribution < -0.4 is 5.32 Å². The van der Waals surface area contributed by atoms with Crippen molar-refractivity contribution in [3.05, 3.63) is 83.6 Å². The number of amides is 1. The smallest absolute Gasteiger partial charge is 0.291 e. The molecule has 29 heavy (non-hydrogen) atoms. The summed E-state index contributed by atoms with van der Waals surface area (Å²) in [5, 5.41) is 3.82. The summed E-state index contributed by atoms with van der Waals surface area (Å²) in [7, 11) is 0. The minimum Gasteiger partial charge on any atom is -0.451 e. The van der Waals surface area contributed by atoms with E-state index in [1.165, 1.54) is 0 Å². The van der Waals surface area contributed by atoms with Gasteiger partial charge < -0.3 is 14.2 Å². The van der Waals surface area contributed by atoms with Crippen LogP contribution in [0.1, 0.15) is 21.7 Å². The predicted octanol–water partition coefficient (Wildman–Crippen LogP) is 6.11. The quantitative estimate of drug-likeness (QED) is 0.409. The van der Waals surface area contributed by atoms with Crippen LogP contribution >= 0.6 is 0 Å². The molecule has 0 unspecified atom stereocenters. The fraction of sp³-hybridized carbons (Fsp3) is 0.0833. The van der Waals surface area contributed by atoms with Crippen LogP contribution in [-0.2, 0) is 0 Å². The SMILES string of the molecule is Cc1ccc2oc(-c3ccc(NC(=O)c4cc5ccccc5o4)c(C)c3)nc2c1. The number of aryl methyl sites for hydroxylation is 2. The monoisotopic (exact) mass is 382 g/mol. The lowest BCUT2D eigenvalue weighted by Gasteiger charge is -2.08. The van der Waals surface area contributed by atoms with Crippen molar-refractivity contribution >= 4 is 33.7 Å². The van der Waals surface area contributed by atoms with Gasteiger partial charge in [0, 0.05) is 16.6 Å². The molecule has 5 aromatic rings. The molecule has 0 aliphatic carbocycles. The Hall–Kier alpha value is -3.86. The maximum Gasteiger partial charge on any atom is 0.291 e. The van der Waals surface area contributed by atoms with Crippen molar-refractivity contribution in [1.29, 1.82) is 0 Å². The number of benzene rings is 3. The van der Waals surface area contributed by atoms with Gasteiger partial charge in [-0.3, -0.25) is 4.79 Å². The molecule has 0 aliphatic rings. The number of hydrogen-bond acceptors (Lipinski definition) is 4. The predicted molar refractivity (Wildman–Crippen MR) is 113 cm³/mol. The zero-order valence-corrected chi connectivity index (χ0v) is 16.0. The van der Waals surface area contributed by atoms with Crippen LogP contribution in [0.4, 0.5) is 5.69 Å². The first-order valence-electron chi connectivity index (χ1n) is 9.35. The Morgan fingerprint density at radius 1 is 0.897 bits per heavy atom. The normalized spacial score (nSPS) is 11.2. The molecule has 0 saturated carbocycles. The highest BCUT2D eigenvalue weighted by Gasteiger charge is 2.15. The van der Waals surface area contributed by atoms with Crippen molar-refractivity contribution in [3.8, 4) is 11.5 Å². The van der Waals surface area contributed by atoms with E-state index in [9.17, 15) is 4.79 Å². The molecule has 2 heterocycles. The van der Waals surface area contributed by atoms with E-state index < -0.39 is 0 Å². The van der Waals surface area contributed by atoms with Gasteiger partial charge in [-0.1, -0.05) is 24.3 Å². The van der Waals surface area contributed by atoms with Crippen LogP contribution in [0.5, 0.6) is 0 Å². The lowest BCUT2D eigenvalue weighted by molar-refractivity contribution is 0.0998. The first kappa shape index (κ1) is 17.3. The molecule has 0 aliphatic heterocycles. The molecule has 0 spiro atoms. The lowest BCUT2D eigenvalue weighted by Crippen LogP contribution is -2.11. The van der Waals surface area contributed by atoms with Crippen molar-refractivity contribution in [3.63, 3.8) is 0 Å². The van der Waals surface area contributed by atoms with E-state index in [1.807, 2.05) is 74.5 Å². The summed E-state index contributed by atoms with van der Waals surface area (Å²) in [6, 6.07) is 20.9. The number of furan rings is 1. The number of oxazole rings is 1. The number of hydrogen-bond donors (Lipinski definition) is 1. The average Bonchev–Trinajstić information content (AvgIpc) is 3.33. The summed E-state index contributed by atoms with van der Waals surface area (Å²) >= 11 is 0. The Morgan fingerprint density at radius 3 is 2.59 bits per heavy atom. The van der Waals surface area contributed by atoms with E-state index in [-0.39, 0.29) is 11.7 Å². The molecular formula is C24H18N2O3. The minimum atomic E-state index is -0.283. The number of anilines is 1. The van der Waals surface area contributed by atoms with Crippen molar-refractivity contribution in [1.82, 2.24) is 4.98 Å². The van der Waals surface area contributed by atoms with Gasteiger partial charge in [-0.05, 0) is 67.4 Å².